The van der Waals surface area contributed by atoms with Gasteiger partial charge in [0.25, 0.3) is 11.8 Å². The standard InChI is InChI=1S/C20H21F2N3O3/c1-28-17-4-3-15(11-16(17)21)18(26)25-10-2-7-20(22,13-25)19(27)24-12-14-5-8-23-9-6-14/h3-6,8-9,11H,2,7,10,12-13H2,1H3,(H,24,27). The van der Waals surface area contributed by atoms with Gasteiger partial charge in [-0.2, -0.15) is 0 Å². The number of aromatic nitrogens is 1. The number of nitrogens with one attached hydrogen (secondary N) is 1. The number of carbonyl (C=O) groups is 2. The van der Waals surface area contributed by atoms with Crippen molar-refractivity contribution in [2.75, 3.05) is 20.2 Å². The maximum Gasteiger partial charge on any atom is 0.259 e. The van der Waals surface area contributed by atoms with E-state index in [2.05, 4.69) is 10.3 Å². The van der Waals surface area contributed by atoms with Crippen LogP contribution in [0.15, 0.2) is 42.7 Å². The predicted octanol–water partition coefficient (Wildman–Crippen LogP) is 2.49. The summed E-state index contributed by atoms with van der Waals surface area (Å²) >= 11 is 0. The summed E-state index contributed by atoms with van der Waals surface area (Å²) in [5.41, 5.74) is -1.31. The van der Waals surface area contributed by atoms with Crippen LogP contribution in [-0.2, 0) is 11.3 Å². The van der Waals surface area contributed by atoms with Crippen LogP contribution in [-0.4, -0.2) is 47.6 Å². The molecule has 2 aromatic rings. The number of alkyl halides is 1. The van der Waals surface area contributed by atoms with E-state index in [-0.39, 0.29) is 30.8 Å². The van der Waals surface area contributed by atoms with E-state index in [0.717, 1.165) is 11.6 Å². The lowest BCUT2D eigenvalue weighted by Gasteiger charge is -2.36. The molecular weight excluding hydrogens is 368 g/mol. The highest BCUT2D eigenvalue weighted by atomic mass is 19.1. The molecule has 3 rings (SSSR count). The van der Waals surface area contributed by atoms with E-state index >= 15 is 4.39 Å². The number of likely N-dealkylation sites (tertiary alicyclic amines) is 1. The van der Waals surface area contributed by atoms with Crippen LogP contribution in [0.5, 0.6) is 5.75 Å². The number of halogens is 2. The Morgan fingerprint density at radius 3 is 2.71 bits per heavy atom. The van der Waals surface area contributed by atoms with Crippen molar-refractivity contribution >= 4 is 11.8 Å². The molecule has 0 saturated carbocycles. The van der Waals surface area contributed by atoms with Crippen LogP contribution < -0.4 is 10.1 Å². The lowest BCUT2D eigenvalue weighted by molar-refractivity contribution is -0.136. The molecule has 1 saturated heterocycles. The zero-order valence-electron chi connectivity index (χ0n) is 15.5. The Kier molecular flexibility index (Phi) is 5.87. The van der Waals surface area contributed by atoms with E-state index in [1.54, 1.807) is 24.5 Å². The number of ether oxygens (including phenoxy) is 1. The summed E-state index contributed by atoms with van der Waals surface area (Å²) < 4.78 is 34.0. The number of nitrogens with zero attached hydrogens (tertiary/aromatic N) is 2. The third kappa shape index (κ3) is 4.27. The number of piperidine rings is 1. The number of carbonyl (C=O) groups excluding carboxylic acids is 2. The monoisotopic (exact) mass is 389 g/mol. The second kappa shape index (κ2) is 8.33. The van der Waals surface area contributed by atoms with Gasteiger partial charge in [-0.3, -0.25) is 14.6 Å². The number of pyridine rings is 1. The van der Waals surface area contributed by atoms with Crippen molar-refractivity contribution in [2.45, 2.75) is 25.1 Å². The molecule has 8 heteroatoms. The molecule has 1 aromatic carbocycles. The van der Waals surface area contributed by atoms with Crippen molar-refractivity contribution in [3.8, 4) is 5.75 Å². The Bertz CT molecular complexity index is 863. The summed E-state index contributed by atoms with van der Waals surface area (Å²) in [5.74, 6) is -1.94. The quantitative estimate of drug-likeness (QED) is 0.853. The fraction of sp³-hybridized carbons (Fsp3) is 0.350. The van der Waals surface area contributed by atoms with Crippen LogP contribution in [0.4, 0.5) is 8.78 Å². The van der Waals surface area contributed by atoms with Gasteiger partial charge in [-0.25, -0.2) is 8.78 Å². The molecule has 0 spiro atoms. The van der Waals surface area contributed by atoms with E-state index in [4.69, 9.17) is 4.74 Å². The van der Waals surface area contributed by atoms with E-state index < -0.39 is 23.3 Å². The van der Waals surface area contributed by atoms with Gasteiger partial charge in [0.15, 0.2) is 11.6 Å². The summed E-state index contributed by atoms with van der Waals surface area (Å²) in [7, 11) is 1.33. The molecule has 2 amide bonds. The third-order valence-electron chi connectivity index (χ3n) is 4.74. The summed E-state index contributed by atoms with van der Waals surface area (Å²) in [6.45, 7) is 0.0993. The highest BCUT2D eigenvalue weighted by Gasteiger charge is 2.44. The Morgan fingerprint density at radius 2 is 2.04 bits per heavy atom. The number of hydrogen-bond acceptors (Lipinski definition) is 4. The number of rotatable bonds is 5. The van der Waals surface area contributed by atoms with Gasteiger partial charge in [-0.1, -0.05) is 0 Å². The average Bonchev–Trinajstić information content (AvgIpc) is 2.72. The van der Waals surface area contributed by atoms with Gasteiger partial charge in [0.05, 0.1) is 13.7 Å². The lowest BCUT2D eigenvalue weighted by atomic mass is 9.93. The van der Waals surface area contributed by atoms with Gasteiger partial charge in [-0.15, -0.1) is 0 Å². The van der Waals surface area contributed by atoms with E-state index in [1.165, 1.54) is 24.1 Å². The Balaban J connectivity index is 1.67. The molecule has 6 nitrogen and oxygen atoms in total. The number of hydrogen-bond donors (Lipinski definition) is 1. The summed E-state index contributed by atoms with van der Waals surface area (Å²) in [6, 6.07) is 7.26. The molecule has 1 aliphatic rings. The summed E-state index contributed by atoms with van der Waals surface area (Å²) in [4.78, 5) is 30.2. The van der Waals surface area contributed by atoms with Gasteiger partial charge in [0.2, 0.25) is 5.67 Å². The second-order valence-electron chi connectivity index (χ2n) is 6.68. The molecule has 148 valence electrons. The topological polar surface area (TPSA) is 71.5 Å². The maximum absolute atomic E-state index is 15.3. The smallest absolute Gasteiger partial charge is 0.259 e. The van der Waals surface area contributed by atoms with Gasteiger partial charge < -0.3 is 15.0 Å². The van der Waals surface area contributed by atoms with Crippen LogP contribution in [0.25, 0.3) is 0 Å². The molecule has 1 N–H and O–H groups in total. The van der Waals surface area contributed by atoms with Gasteiger partial charge in [0.1, 0.15) is 0 Å². The minimum absolute atomic E-state index is 0.0190. The molecule has 0 radical (unpaired) electrons. The normalized spacial score (nSPS) is 19.2. The summed E-state index contributed by atoms with van der Waals surface area (Å²) in [5, 5.41) is 2.58. The van der Waals surface area contributed by atoms with Gasteiger partial charge >= 0.3 is 0 Å². The molecule has 28 heavy (non-hydrogen) atoms. The van der Waals surface area contributed by atoms with Crippen LogP contribution in [0.2, 0.25) is 0 Å². The first-order valence-electron chi connectivity index (χ1n) is 8.92. The van der Waals surface area contributed by atoms with Crippen LogP contribution >= 0.6 is 0 Å². The predicted molar refractivity (Wildman–Crippen MR) is 98.0 cm³/mol. The molecule has 2 heterocycles. The van der Waals surface area contributed by atoms with Crippen molar-refractivity contribution in [1.29, 1.82) is 0 Å². The van der Waals surface area contributed by atoms with Crippen molar-refractivity contribution in [2.24, 2.45) is 0 Å². The molecule has 1 unspecified atom stereocenters. The first kappa shape index (κ1) is 19.7. The largest absolute Gasteiger partial charge is 0.494 e. The van der Waals surface area contributed by atoms with Crippen molar-refractivity contribution in [1.82, 2.24) is 15.2 Å². The minimum atomic E-state index is -2.19. The first-order valence-corrected chi connectivity index (χ1v) is 8.92. The second-order valence-corrected chi connectivity index (χ2v) is 6.68. The lowest BCUT2D eigenvalue weighted by Crippen LogP contribution is -2.55. The Labute approximate surface area is 161 Å². The fourth-order valence-electron chi connectivity index (χ4n) is 3.19. The van der Waals surface area contributed by atoms with Crippen molar-refractivity contribution < 1.29 is 23.1 Å². The van der Waals surface area contributed by atoms with Crippen LogP contribution in [0, 0.1) is 5.82 Å². The van der Waals surface area contributed by atoms with Crippen LogP contribution in [0.1, 0.15) is 28.8 Å². The van der Waals surface area contributed by atoms with E-state index in [9.17, 15) is 14.0 Å². The highest BCUT2D eigenvalue weighted by Crippen LogP contribution is 2.28. The maximum atomic E-state index is 15.3. The van der Waals surface area contributed by atoms with Gasteiger partial charge in [0, 0.05) is 31.0 Å². The van der Waals surface area contributed by atoms with E-state index in [0.29, 0.717) is 13.0 Å². The zero-order chi connectivity index (χ0) is 20.1. The molecule has 1 fully saturated rings. The fourth-order valence-corrected chi connectivity index (χ4v) is 3.19. The number of methoxy groups -OCH3 is 1. The van der Waals surface area contributed by atoms with E-state index in [1.807, 2.05) is 0 Å². The summed E-state index contributed by atoms with van der Waals surface area (Å²) in [6.07, 6.45) is 3.53. The molecule has 1 aliphatic heterocycles. The van der Waals surface area contributed by atoms with Gasteiger partial charge in [-0.05, 0) is 48.7 Å². The first-order chi connectivity index (χ1) is 13.4. The molecule has 0 bridgehead atoms. The number of benzene rings is 1. The molecule has 1 aromatic heterocycles. The molecular formula is C20H21F2N3O3. The minimum Gasteiger partial charge on any atom is -0.494 e. The number of amides is 2. The zero-order valence-corrected chi connectivity index (χ0v) is 15.5. The SMILES string of the molecule is COc1ccc(C(=O)N2CCCC(F)(C(=O)NCc3ccncc3)C2)cc1F. The van der Waals surface area contributed by atoms with Crippen LogP contribution in [0.3, 0.4) is 0 Å². The average molecular weight is 389 g/mol. The highest BCUT2D eigenvalue weighted by molar-refractivity contribution is 5.95. The molecule has 0 aliphatic carbocycles. The Morgan fingerprint density at radius 1 is 1.29 bits per heavy atom. The third-order valence-corrected chi connectivity index (χ3v) is 4.74. The van der Waals surface area contributed by atoms with Crippen molar-refractivity contribution in [3.63, 3.8) is 0 Å². The Hall–Kier alpha value is -3.03. The molecule has 1 atom stereocenters. The van der Waals surface area contributed by atoms with Crippen molar-refractivity contribution in [3.05, 3.63) is 59.7 Å².